The molecule has 0 bridgehead atoms. The first-order valence-corrected chi connectivity index (χ1v) is 6.47. The van der Waals surface area contributed by atoms with Crippen LogP contribution in [0.2, 0.25) is 0 Å². The molecule has 4 heteroatoms. The molecule has 0 fully saturated rings. The summed E-state index contributed by atoms with van der Waals surface area (Å²) in [5.74, 6) is 0.790. The van der Waals surface area contributed by atoms with Crippen molar-refractivity contribution in [2.45, 2.75) is 31.9 Å². The Balaban J connectivity index is 1.87. The van der Waals surface area contributed by atoms with E-state index >= 15 is 0 Å². The zero-order chi connectivity index (χ0) is 13.0. The van der Waals surface area contributed by atoms with Gasteiger partial charge in [-0.3, -0.25) is 0 Å². The number of aryl methyl sites for hydroxylation is 1. The molecule has 3 N–H and O–H groups in total. The Morgan fingerprint density at radius 3 is 3.06 bits per heavy atom. The van der Waals surface area contributed by atoms with E-state index in [1.54, 1.807) is 0 Å². The zero-order valence-corrected chi connectivity index (χ0v) is 10.8. The third-order valence-electron chi connectivity index (χ3n) is 3.20. The van der Waals surface area contributed by atoms with Crippen molar-refractivity contribution in [3.63, 3.8) is 0 Å². The molecule has 0 saturated heterocycles. The fraction of sp³-hybridized carbons (Fsp3) is 0.571. The summed E-state index contributed by atoms with van der Waals surface area (Å²) in [6, 6.07) is 6.13. The summed E-state index contributed by atoms with van der Waals surface area (Å²) < 4.78 is 10.7. The number of aliphatic hydroxyl groups excluding tert-OH is 1. The van der Waals surface area contributed by atoms with Gasteiger partial charge in [0.2, 0.25) is 0 Å². The van der Waals surface area contributed by atoms with E-state index in [0.717, 1.165) is 18.6 Å². The topological polar surface area (TPSA) is 64.7 Å². The Morgan fingerprint density at radius 2 is 2.28 bits per heavy atom. The Kier molecular flexibility index (Phi) is 4.58. The molecule has 1 aromatic rings. The van der Waals surface area contributed by atoms with Crippen molar-refractivity contribution >= 4 is 0 Å². The summed E-state index contributed by atoms with van der Waals surface area (Å²) in [5, 5.41) is 9.61. The summed E-state index contributed by atoms with van der Waals surface area (Å²) in [7, 11) is 0. The molecule has 1 aliphatic rings. The van der Waals surface area contributed by atoms with Crippen LogP contribution in [-0.2, 0) is 11.2 Å². The highest BCUT2D eigenvalue weighted by molar-refractivity contribution is 5.40. The van der Waals surface area contributed by atoms with E-state index < -0.39 is 6.10 Å². The Hall–Kier alpha value is -1.10. The number of benzene rings is 1. The first-order valence-electron chi connectivity index (χ1n) is 6.47. The lowest BCUT2D eigenvalue weighted by Crippen LogP contribution is -2.23. The predicted octanol–water partition coefficient (Wildman–Crippen LogP) is 1.41. The number of hydrogen-bond donors (Lipinski definition) is 2. The van der Waals surface area contributed by atoms with Gasteiger partial charge in [0.1, 0.15) is 18.5 Å². The van der Waals surface area contributed by atoms with Gasteiger partial charge in [0.05, 0.1) is 6.61 Å². The van der Waals surface area contributed by atoms with Crippen molar-refractivity contribution in [1.82, 2.24) is 0 Å². The van der Waals surface area contributed by atoms with E-state index in [4.69, 9.17) is 15.2 Å². The summed E-state index contributed by atoms with van der Waals surface area (Å²) in [4.78, 5) is 0. The predicted molar refractivity (Wildman–Crippen MR) is 69.7 cm³/mol. The van der Waals surface area contributed by atoms with Crippen LogP contribution in [0.1, 0.15) is 30.5 Å². The Bertz CT molecular complexity index is 395. The number of ether oxygens (including phenoxy) is 2. The molecule has 2 atom stereocenters. The van der Waals surface area contributed by atoms with Crippen LogP contribution in [0, 0.1) is 0 Å². The highest BCUT2D eigenvalue weighted by atomic mass is 16.5. The zero-order valence-electron chi connectivity index (χ0n) is 10.8. The van der Waals surface area contributed by atoms with Gasteiger partial charge < -0.3 is 20.3 Å². The highest BCUT2D eigenvalue weighted by Gasteiger charge is 2.19. The average molecular weight is 251 g/mol. The molecule has 0 saturated carbocycles. The van der Waals surface area contributed by atoms with Gasteiger partial charge in [-0.2, -0.15) is 0 Å². The molecule has 4 nitrogen and oxygen atoms in total. The van der Waals surface area contributed by atoms with Gasteiger partial charge in [-0.25, -0.2) is 0 Å². The van der Waals surface area contributed by atoms with E-state index in [-0.39, 0.29) is 12.6 Å². The van der Waals surface area contributed by atoms with Crippen LogP contribution in [0.15, 0.2) is 18.2 Å². The fourth-order valence-corrected chi connectivity index (χ4v) is 2.21. The summed E-state index contributed by atoms with van der Waals surface area (Å²) in [6.07, 6.45) is 1.43. The van der Waals surface area contributed by atoms with Gasteiger partial charge in [0.25, 0.3) is 0 Å². The van der Waals surface area contributed by atoms with Crippen molar-refractivity contribution in [3.05, 3.63) is 29.3 Å². The van der Waals surface area contributed by atoms with E-state index in [1.807, 2.05) is 25.1 Å². The minimum absolute atomic E-state index is 0.164. The molecule has 1 unspecified atom stereocenters. The number of rotatable bonds is 6. The normalized spacial score (nSPS) is 19.6. The van der Waals surface area contributed by atoms with Crippen molar-refractivity contribution in [1.29, 1.82) is 0 Å². The second-order valence-corrected chi connectivity index (χ2v) is 4.63. The highest BCUT2D eigenvalue weighted by Crippen LogP contribution is 2.31. The standard InChI is InChI=1S/C14H21NO3/c1-2-17-8-11(16)9-18-12-4-5-13-10(7-12)3-6-14(13)15/h4-5,7,11,14,16H,2-3,6,8-9,15H2,1H3/t11?,14-/m1/s1. The van der Waals surface area contributed by atoms with E-state index in [1.165, 1.54) is 11.1 Å². The molecule has 100 valence electrons. The molecular weight excluding hydrogens is 230 g/mol. The molecule has 0 spiro atoms. The van der Waals surface area contributed by atoms with Crippen molar-refractivity contribution in [2.24, 2.45) is 5.73 Å². The van der Waals surface area contributed by atoms with Crippen molar-refractivity contribution in [3.8, 4) is 5.75 Å². The van der Waals surface area contributed by atoms with E-state index in [9.17, 15) is 5.11 Å². The maximum absolute atomic E-state index is 9.61. The lowest BCUT2D eigenvalue weighted by Gasteiger charge is -2.13. The van der Waals surface area contributed by atoms with Crippen molar-refractivity contribution in [2.75, 3.05) is 19.8 Å². The van der Waals surface area contributed by atoms with Crippen LogP contribution >= 0.6 is 0 Å². The largest absolute Gasteiger partial charge is 0.491 e. The number of aliphatic hydroxyl groups is 1. The van der Waals surface area contributed by atoms with Crippen LogP contribution in [0.25, 0.3) is 0 Å². The third kappa shape index (κ3) is 3.22. The van der Waals surface area contributed by atoms with Crippen LogP contribution in [0.5, 0.6) is 5.75 Å². The summed E-state index contributed by atoms with van der Waals surface area (Å²) in [5.41, 5.74) is 8.46. The van der Waals surface area contributed by atoms with Crippen LogP contribution < -0.4 is 10.5 Å². The third-order valence-corrected chi connectivity index (χ3v) is 3.20. The van der Waals surface area contributed by atoms with Gasteiger partial charge in [0, 0.05) is 12.6 Å². The van der Waals surface area contributed by atoms with Gasteiger partial charge in [-0.05, 0) is 43.0 Å². The second-order valence-electron chi connectivity index (χ2n) is 4.63. The molecule has 0 amide bonds. The average Bonchev–Trinajstić information content (AvgIpc) is 2.75. The first-order chi connectivity index (χ1) is 8.70. The molecule has 0 radical (unpaired) electrons. The molecule has 0 aromatic heterocycles. The molecule has 2 rings (SSSR count). The van der Waals surface area contributed by atoms with Gasteiger partial charge >= 0.3 is 0 Å². The minimum Gasteiger partial charge on any atom is -0.491 e. The first kappa shape index (κ1) is 13.3. The number of fused-ring (bicyclic) bond motifs is 1. The number of hydrogen-bond acceptors (Lipinski definition) is 4. The Morgan fingerprint density at radius 1 is 1.44 bits per heavy atom. The van der Waals surface area contributed by atoms with E-state index in [2.05, 4.69) is 0 Å². The van der Waals surface area contributed by atoms with E-state index in [0.29, 0.717) is 13.2 Å². The monoisotopic (exact) mass is 251 g/mol. The molecule has 18 heavy (non-hydrogen) atoms. The second kappa shape index (κ2) is 6.18. The molecule has 1 aliphatic carbocycles. The maximum atomic E-state index is 9.61. The quantitative estimate of drug-likeness (QED) is 0.802. The van der Waals surface area contributed by atoms with Gasteiger partial charge in [-0.1, -0.05) is 6.07 Å². The molecule has 0 aliphatic heterocycles. The summed E-state index contributed by atoms with van der Waals surface area (Å²) in [6.45, 7) is 3.07. The van der Waals surface area contributed by atoms with Crippen molar-refractivity contribution < 1.29 is 14.6 Å². The lowest BCUT2D eigenvalue weighted by atomic mass is 10.1. The smallest absolute Gasteiger partial charge is 0.119 e. The molecule has 1 aromatic carbocycles. The Labute approximate surface area is 108 Å². The van der Waals surface area contributed by atoms with Crippen LogP contribution in [0.3, 0.4) is 0 Å². The van der Waals surface area contributed by atoms with Crippen LogP contribution in [0.4, 0.5) is 0 Å². The SMILES string of the molecule is CCOCC(O)COc1ccc2c(c1)CC[C@H]2N. The van der Waals surface area contributed by atoms with Gasteiger partial charge in [-0.15, -0.1) is 0 Å². The summed E-state index contributed by atoms with van der Waals surface area (Å²) >= 11 is 0. The molecular formula is C14H21NO3. The molecule has 0 heterocycles. The maximum Gasteiger partial charge on any atom is 0.119 e. The van der Waals surface area contributed by atoms with Crippen LogP contribution in [-0.4, -0.2) is 31.0 Å². The minimum atomic E-state index is -0.583. The fourth-order valence-electron chi connectivity index (χ4n) is 2.21. The van der Waals surface area contributed by atoms with Gasteiger partial charge in [0.15, 0.2) is 0 Å². The number of nitrogens with two attached hydrogens (primary N) is 1. The lowest BCUT2D eigenvalue weighted by molar-refractivity contribution is 0.0164.